The van der Waals surface area contributed by atoms with Gasteiger partial charge in [0.25, 0.3) is 0 Å². The molecule has 3 rings (SSSR count). The minimum absolute atomic E-state index is 0.172. The molecule has 0 unspecified atom stereocenters. The first-order valence-corrected chi connectivity index (χ1v) is 7.57. The second kappa shape index (κ2) is 5.71. The summed E-state index contributed by atoms with van der Waals surface area (Å²) in [7, 11) is 0. The highest BCUT2D eigenvalue weighted by atomic mass is 32.2. The molecule has 1 aliphatic rings. The molecule has 0 bridgehead atoms. The first-order chi connectivity index (χ1) is 9.34. The molecule has 0 aromatic carbocycles. The average Bonchev–Trinajstić information content (AvgIpc) is 2.98. The van der Waals surface area contributed by atoms with Gasteiger partial charge in [0.2, 0.25) is 11.7 Å². The lowest BCUT2D eigenvalue weighted by atomic mass is 10.2. The minimum atomic E-state index is 0.172. The van der Waals surface area contributed by atoms with Gasteiger partial charge in [0.1, 0.15) is 5.69 Å². The fourth-order valence-corrected chi connectivity index (χ4v) is 3.06. The van der Waals surface area contributed by atoms with Crippen LogP contribution in [0, 0.1) is 0 Å². The predicted molar refractivity (Wildman–Crippen MR) is 74.8 cm³/mol. The van der Waals surface area contributed by atoms with Crippen LogP contribution in [0.3, 0.4) is 0 Å². The number of pyridine rings is 1. The van der Waals surface area contributed by atoms with Crippen LogP contribution in [0.1, 0.15) is 18.9 Å². The summed E-state index contributed by atoms with van der Waals surface area (Å²) < 4.78 is 5.38. The van der Waals surface area contributed by atoms with E-state index in [0.717, 1.165) is 18.8 Å². The Balaban J connectivity index is 1.77. The standard InChI is InChI=1S/C13H16N4OS/c1-10(17-6-8-19-9-7-17)13-15-12(16-18-13)11-4-2-3-5-14-11/h2-5,10H,6-9H2,1H3/t10-/m1/s1. The molecule has 19 heavy (non-hydrogen) atoms. The van der Waals surface area contributed by atoms with Crippen LogP contribution in [0.2, 0.25) is 0 Å². The van der Waals surface area contributed by atoms with E-state index in [9.17, 15) is 0 Å². The third kappa shape index (κ3) is 2.79. The van der Waals surface area contributed by atoms with Gasteiger partial charge in [-0.05, 0) is 19.1 Å². The zero-order chi connectivity index (χ0) is 13.1. The molecule has 1 aliphatic heterocycles. The monoisotopic (exact) mass is 276 g/mol. The molecular formula is C13H16N4OS. The van der Waals surface area contributed by atoms with Crippen LogP contribution in [0.4, 0.5) is 0 Å². The second-order valence-electron chi connectivity index (χ2n) is 4.50. The van der Waals surface area contributed by atoms with Crippen molar-refractivity contribution in [1.82, 2.24) is 20.0 Å². The Morgan fingerprint density at radius 1 is 1.32 bits per heavy atom. The summed E-state index contributed by atoms with van der Waals surface area (Å²) in [6.45, 7) is 4.27. The van der Waals surface area contributed by atoms with Crippen LogP contribution >= 0.6 is 11.8 Å². The fraction of sp³-hybridized carbons (Fsp3) is 0.462. The van der Waals surface area contributed by atoms with Gasteiger partial charge in [0.05, 0.1) is 6.04 Å². The normalized spacial score (nSPS) is 18.4. The molecular weight excluding hydrogens is 260 g/mol. The van der Waals surface area contributed by atoms with Crippen LogP contribution < -0.4 is 0 Å². The summed E-state index contributed by atoms with van der Waals surface area (Å²) in [5.41, 5.74) is 0.749. The Morgan fingerprint density at radius 2 is 2.16 bits per heavy atom. The zero-order valence-electron chi connectivity index (χ0n) is 10.8. The number of nitrogens with zero attached hydrogens (tertiary/aromatic N) is 4. The van der Waals surface area contributed by atoms with E-state index in [4.69, 9.17) is 4.52 Å². The highest BCUT2D eigenvalue weighted by Crippen LogP contribution is 2.24. The molecule has 1 atom stereocenters. The molecule has 2 aromatic heterocycles. The highest BCUT2D eigenvalue weighted by Gasteiger charge is 2.23. The third-order valence-electron chi connectivity index (χ3n) is 3.29. The second-order valence-corrected chi connectivity index (χ2v) is 5.72. The van der Waals surface area contributed by atoms with Crippen molar-refractivity contribution in [2.45, 2.75) is 13.0 Å². The van der Waals surface area contributed by atoms with Crippen LogP contribution in [0.25, 0.3) is 11.5 Å². The number of aromatic nitrogens is 3. The SMILES string of the molecule is C[C@H](c1nc(-c2ccccn2)no1)N1CCSCC1. The molecule has 0 amide bonds. The van der Waals surface area contributed by atoms with Crippen molar-refractivity contribution in [3.05, 3.63) is 30.3 Å². The van der Waals surface area contributed by atoms with Gasteiger partial charge >= 0.3 is 0 Å². The molecule has 2 aromatic rings. The van der Waals surface area contributed by atoms with Crippen molar-refractivity contribution in [3.8, 4) is 11.5 Å². The van der Waals surface area contributed by atoms with Gasteiger partial charge in [-0.2, -0.15) is 16.7 Å². The molecule has 0 aliphatic carbocycles. The Bertz CT molecular complexity index is 524. The van der Waals surface area contributed by atoms with E-state index in [-0.39, 0.29) is 6.04 Å². The maximum Gasteiger partial charge on any atom is 0.244 e. The summed E-state index contributed by atoms with van der Waals surface area (Å²) in [5.74, 6) is 3.58. The lowest BCUT2D eigenvalue weighted by Crippen LogP contribution is -2.34. The van der Waals surface area contributed by atoms with Crippen LogP contribution in [0.5, 0.6) is 0 Å². The van der Waals surface area contributed by atoms with Crippen molar-refractivity contribution in [2.24, 2.45) is 0 Å². The van der Waals surface area contributed by atoms with Gasteiger partial charge in [-0.3, -0.25) is 9.88 Å². The predicted octanol–water partition coefficient (Wildman–Crippen LogP) is 2.24. The van der Waals surface area contributed by atoms with Gasteiger partial charge in [-0.15, -0.1) is 0 Å². The maximum absolute atomic E-state index is 5.38. The molecule has 0 spiro atoms. The molecule has 1 fully saturated rings. The summed E-state index contributed by atoms with van der Waals surface area (Å²) >= 11 is 2.00. The van der Waals surface area contributed by atoms with Crippen LogP contribution in [-0.2, 0) is 0 Å². The molecule has 5 nitrogen and oxygen atoms in total. The fourth-order valence-electron chi connectivity index (χ4n) is 2.12. The Hall–Kier alpha value is -1.40. The van der Waals surface area contributed by atoms with Gasteiger partial charge in [-0.25, -0.2) is 0 Å². The number of thioether (sulfide) groups is 1. The Kier molecular flexibility index (Phi) is 3.79. The maximum atomic E-state index is 5.38. The van der Waals surface area contributed by atoms with E-state index in [2.05, 4.69) is 26.9 Å². The topological polar surface area (TPSA) is 55.1 Å². The quantitative estimate of drug-likeness (QED) is 0.857. The van der Waals surface area contributed by atoms with E-state index in [1.54, 1.807) is 6.20 Å². The van der Waals surface area contributed by atoms with E-state index in [1.807, 2.05) is 30.0 Å². The molecule has 1 saturated heterocycles. The average molecular weight is 276 g/mol. The van der Waals surface area contributed by atoms with E-state index >= 15 is 0 Å². The lowest BCUT2D eigenvalue weighted by molar-refractivity contribution is 0.189. The summed E-state index contributed by atoms with van der Waals surface area (Å²) in [5, 5.41) is 4.02. The number of hydrogen-bond donors (Lipinski definition) is 0. The largest absolute Gasteiger partial charge is 0.337 e. The molecule has 100 valence electrons. The van der Waals surface area contributed by atoms with Crippen LogP contribution in [-0.4, -0.2) is 44.6 Å². The van der Waals surface area contributed by atoms with Gasteiger partial charge in [0.15, 0.2) is 0 Å². The lowest BCUT2D eigenvalue weighted by Gasteiger charge is -2.29. The Labute approximate surface area is 116 Å². The summed E-state index contributed by atoms with van der Waals surface area (Å²) in [4.78, 5) is 11.1. The number of hydrogen-bond acceptors (Lipinski definition) is 6. The minimum Gasteiger partial charge on any atom is -0.337 e. The number of rotatable bonds is 3. The Morgan fingerprint density at radius 3 is 2.89 bits per heavy atom. The van der Waals surface area contributed by atoms with Crippen molar-refractivity contribution in [3.63, 3.8) is 0 Å². The van der Waals surface area contributed by atoms with Crippen molar-refractivity contribution in [1.29, 1.82) is 0 Å². The summed E-state index contributed by atoms with van der Waals surface area (Å²) in [6.07, 6.45) is 1.73. The van der Waals surface area contributed by atoms with E-state index < -0.39 is 0 Å². The van der Waals surface area contributed by atoms with Gasteiger partial charge < -0.3 is 4.52 Å². The molecule has 0 radical (unpaired) electrons. The highest BCUT2D eigenvalue weighted by molar-refractivity contribution is 7.99. The van der Waals surface area contributed by atoms with Crippen molar-refractivity contribution in [2.75, 3.05) is 24.6 Å². The van der Waals surface area contributed by atoms with E-state index in [0.29, 0.717) is 11.7 Å². The first-order valence-electron chi connectivity index (χ1n) is 6.41. The van der Waals surface area contributed by atoms with Crippen molar-refractivity contribution >= 4 is 11.8 Å². The van der Waals surface area contributed by atoms with Gasteiger partial charge in [0, 0.05) is 30.8 Å². The summed E-state index contributed by atoms with van der Waals surface area (Å²) in [6, 6.07) is 5.85. The third-order valence-corrected chi connectivity index (χ3v) is 4.23. The zero-order valence-corrected chi connectivity index (χ0v) is 11.6. The smallest absolute Gasteiger partial charge is 0.244 e. The molecule has 3 heterocycles. The molecule has 6 heteroatoms. The van der Waals surface area contributed by atoms with Crippen molar-refractivity contribution < 1.29 is 4.52 Å². The molecule has 0 saturated carbocycles. The first kappa shape index (κ1) is 12.6. The molecule has 0 N–H and O–H groups in total. The van der Waals surface area contributed by atoms with Crippen LogP contribution in [0.15, 0.2) is 28.9 Å². The van der Waals surface area contributed by atoms with Gasteiger partial charge in [-0.1, -0.05) is 11.2 Å². The van der Waals surface area contributed by atoms with E-state index in [1.165, 1.54) is 11.5 Å².